The lowest BCUT2D eigenvalue weighted by Crippen LogP contribution is -2.37. The second-order valence-corrected chi connectivity index (χ2v) is 6.15. The maximum Gasteiger partial charge on any atom is 0.230 e. The minimum absolute atomic E-state index is 0. The molecule has 1 unspecified atom stereocenters. The van der Waals surface area contributed by atoms with Crippen molar-refractivity contribution < 1.29 is 9.53 Å². The van der Waals surface area contributed by atoms with Crippen molar-refractivity contribution in [3.05, 3.63) is 29.8 Å². The highest BCUT2D eigenvalue weighted by Gasteiger charge is 2.40. The van der Waals surface area contributed by atoms with Crippen molar-refractivity contribution in [3.63, 3.8) is 0 Å². The molecule has 2 fully saturated rings. The summed E-state index contributed by atoms with van der Waals surface area (Å²) < 4.78 is 5.66. The molecule has 3 atom stereocenters. The van der Waals surface area contributed by atoms with Gasteiger partial charge in [0.2, 0.25) is 5.91 Å². The SMILES string of the molecule is Cl.O=C(C1CCOc2ccccc21)N1C[C@H]2CNC[C@H]2C1. The molecule has 1 amide bonds. The van der Waals surface area contributed by atoms with Gasteiger partial charge in [0.1, 0.15) is 5.75 Å². The Kier molecular flexibility index (Phi) is 4.09. The van der Waals surface area contributed by atoms with Crippen molar-refractivity contribution in [2.45, 2.75) is 12.3 Å². The van der Waals surface area contributed by atoms with Gasteiger partial charge >= 0.3 is 0 Å². The van der Waals surface area contributed by atoms with E-state index in [0.717, 1.165) is 43.9 Å². The standard InChI is InChI=1S/C16H20N2O2.ClH/c19-16(18-9-11-7-17-8-12(11)10-18)14-5-6-20-15-4-2-1-3-13(14)15;/h1-4,11-12,14,17H,5-10H2;1H/t11-,12+,14?;. The maximum atomic E-state index is 12.8. The highest BCUT2D eigenvalue weighted by molar-refractivity contribution is 5.85. The molecule has 5 heteroatoms. The number of benzene rings is 1. The monoisotopic (exact) mass is 308 g/mol. The van der Waals surface area contributed by atoms with Crippen molar-refractivity contribution in [1.82, 2.24) is 10.2 Å². The number of ether oxygens (including phenoxy) is 1. The summed E-state index contributed by atoms with van der Waals surface area (Å²) in [5.74, 6) is 2.50. The summed E-state index contributed by atoms with van der Waals surface area (Å²) in [7, 11) is 0. The fraction of sp³-hybridized carbons (Fsp3) is 0.562. The van der Waals surface area contributed by atoms with Gasteiger partial charge in [0, 0.05) is 31.7 Å². The molecule has 0 aliphatic carbocycles. The summed E-state index contributed by atoms with van der Waals surface area (Å²) in [5.41, 5.74) is 1.07. The summed E-state index contributed by atoms with van der Waals surface area (Å²) in [6.45, 7) is 4.64. The zero-order chi connectivity index (χ0) is 13.5. The molecule has 0 saturated carbocycles. The van der Waals surface area contributed by atoms with Crippen molar-refractivity contribution in [1.29, 1.82) is 0 Å². The predicted octanol–water partition coefficient (Wildman–Crippen LogP) is 1.65. The Labute approximate surface area is 131 Å². The minimum atomic E-state index is -0.00765. The highest BCUT2D eigenvalue weighted by Crippen LogP contribution is 2.36. The second-order valence-electron chi connectivity index (χ2n) is 6.15. The van der Waals surface area contributed by atoms with Crippen LogP contribution in [0.5, 0.6) is 5.75 Å². The number of para-hydroxylation sites is 1. The number of hydrogen-bond donors (Lipinski definition) is 1. The van der Waals surface area contributed by atoms with Gasteiger partial charge in [-0.15, -0.1) is 12.4 Å². The van der Waals surface area contributed by atoms with Crippen LogP contribution in [-0.4, -0.2) is 43.6 Å². The molecule has 3 heterocycles. The van der Waals surface area contributed by atoms with Gasteiger partial charge in [-0.3, -0.25) is 4.79 Å². The number of carbonyl (C=O) groups excluding carboxylic acids is 1. The van der Waals surface area contributed by atoms with Gasteiger partial charge in [0.15, 0.2) is 0 Å². The lowest BCUT2D eigenvalue weighted by molar-refractivity contribution is -0.132. The molecule has 1 aromatic rings. The molecule has 0 bridgehead atoms. The van der Waals surface area contributed by atoms with Crippen LogP contribution in [0.2, 0.25) is 0 Å². The second kappa shape index (κ2) is 5.85. The number of hydrogen-bond acceptors (Lipinski definition) is 3. The van der Waals surface area contributed by atoms with Crippen molar-refractivity contribution >= 4 is 18.3 Å². The van der Waals surface area contributed by atoms with Gasteiger partial charge in [-0.2, -0.15) is 0 Å². The minimum Gasteiger partial charge on any atom is -0.493 e. The third kappa shape index (κ3) is 2.51. The Morgan fingerprint density at radius 1 is 1.19 bits per heavy atom. The highest BCUT2D eigenvalue weighted by atomic mass is 35.5. The normalized spacial score (nSPS) is 30.1. The van der Waals surface area contributed by atoms with E-state index >= 15 is 0 Å². The summed E-state index contributed by atoms with van der Waals surface area (Å²) in [4.78, 5) is 14.9. The van der Waals surface area contributed by atoms with Crippen LogP contribution in [0.15, 0.2) is 24.3 Å². The lowest BCUT2D eigenvalue weighted by atomic mass is 9.92. The van der Waals surface area contributed by atoms with Gasteiger partial charge in [-0.1, -0.05) is 18.2 Å². The van der Waals surface area contributed by atoms with E-state index in [4.69, 9.17) is 4.74 Å². The number of likely N-dealkylation sites (tertiary alicyclic amines) is 1. The van der Waals surface area contributed by atoms with Crippen molar-refractivity contribution in [2.24, 2.45) is 11.8 Å². The van der Waals surface area contributed by atoms with Gasteiger partial charge in [0.25, 0.3) is 0 Å². The van der Waals surface area contributed by atoms with Crippen molar-refractivity contribution in [3.8, 4) is 5.75 Å². The number of nitrogens with one attached hydrogen (secondary N) is 1. The summed E-state index contributed by atoms with van der Waals surface area (Å²) in [6.07, 6.45) is 0.805. The number of halogens is 1. The van der Waals surface area contributed by atoms with Crippen molar-refractivity contribution in [2.75, 3.05) is 32.8 Å². The number of amides is 1. The summed E-state index contributed by atoms with van der Waals surface area (Å²) in [5, 5.41) is 3.42. The van der Waals surface area contributed by atoms with E-state index in [2.05, 4.69) is 10.2 Å². The Morgan fingerprint density at radius 2 is 1.90 bits per heavy atom. The molecule has 21 heavy (non-hydrogen) atoms. The smallest absolute Gasteiger partial charge is 0.230 e. The van der Waals surface area contributed by atoms with E-state index in [1.807, 2.05) is 24.3 Å². The van der Waals surface area contributed by atoms with Gasteiger partial charge in [-0.05, 0) is 24.3 Å². The van der Waals surface area contributed by atoms with Gasteiger partial charge in [0.05, 0.1) is 12.5 Å². The molecule has 114 valence electrons. The molecule has 0 radical (unpaired) electrons. The Morgan fingerprint density at radius 3 is 2.67 bits per heavy atom. The van der Waals surface area contributed by atoms with Crippen LogP contribution in [-0.2, 0) is 4.79 Å². The summed E-state index contributed by atoms with van der Waals surface area (Å²) >= 11 is 0. The molecule has 3 aliphatic heterocycles. The fourth-order valence-corrected chi connectivity index (χ4v) is 3.85. The van der Waals surface area contributed by atoms with Gasteiger partial charge < -0.3 is 15.0 Å². The Bertz CT molecular complexity index is 525. The van der Waals surface area contributed by atoms with E-state index < -0.39 is 0 Å². The van der Waals surface area contributed by atoms with Crippen LogP contribution < -0.4 is 10.1 Å². The third-order valence-corrected chi connectivity index (χ3v) is 4.96. The zero-order valence-corrected chi connectivity index (χ0v) is 12.8. The average Bonchev–Trinajstić information content (AvgIpc) is 3.07. The molecule has 1 aromatic carbocycles. The fourth-order valence-electron chi connectivity index (χ4n) is 3.85. The van der Waals surface area contributed by atoms with Crippen LogP contribution in [0.1, 0.15) is 17.9 Å². The zero-order valence-electron chi connectivity index (χ0n) is 12.0. The van der Waals surface area contributed by atoms with Crippen LogP contribution in [0.4, 0.5) is 0 Å². The molecule has 1 N–H and O–H groups in total. The number of nitrogens with zero attached hydrogens (tertiary/aromatic N) is 1. The molecule has 0 spiro atoms. The number of carbonyl (C=O) groups is 1. The Balaban J connectivity index is 0.00000132. The maximum absolute atomic E-state index is 12.8. The van der Waals surface area contributed by atoms with Crippen LogP contribution in [0.3, 0.4) is 0 Å². The van der Waals surface area contributed by atoms with E-state index in [1.54, 1.807) is 0 Å². The largest absolute Gasteiger partial charge is 0.493 e. The topological polar surface area (TPSA) is 41.6 Å². The molecule has 0 aromatic heterocycles. The molecule has 4 rings (SSSR count). The molecule has 4 nitrogen and oxygen atoms in total. The molecular weight excluding hydrogens is 288 g/mol. The Hall–Kier alpha value is -1.26. The van der Waals surface area contributed by atoms with Crippen LogP contribution >= 0.6 is 12.4 Å². The van der Waals surface area contributed by atoms with E-state index in [0.29, 0.717) is 24.3 Å². The van der Waals surface area contributed by atoms with Gasteiger partial charge in [-0.25, -0.2) is 0 Å². The number of rotatable bonds is 1. The van der Waals surface area contributed by atoms with E-state index in [1.165, 1.54) is 0 Å². The van der Waals surface area contributed by atoms with E-state index in [9.17, 15) is 4.79 Å². The first-order valence-electron chi connectivity index (χ1n) is 7.54. The van der Waals surface area contributed by atoms with Crippen LogP contribution in [0, 0.1) is 11.8 Å². The first-order chi connectivity index (χ1) is 9.83. The molecular formula is C16H21ClN2O2. The molecule has 3 aliphatic rings. The molecule has 2 saturated heterocycles. The van der Waals surface area contributed by atoms with E-state index in [-0.39, 0.29) is 18.3 Å². The first-order valence-corrected chi connectivity index (χ1v) is 7.54. The predicted molar refractivity (Wildman–Crippen MR) is 83.0 cm³/mol. The lowest BCUT2D eigenvalue weighted by Gasteiger charge is -2.29. The van der Waals surface area contributed by atoms with Crippen LogP contribution in [0.25, 0.3) is 0 Å². The number of fused-ring (bicyclic) bond motifs is 2. The summed E-state index contributed by atoms with van der Waals surface area (Å²) in [6, 6.07) is 7.97. The third-order valence-electron chi connectivity index (χ3n) is 4.96. The first kappa shape index (κ1) is 14.7. The average molecular weight is 309 g/mol. The quantitative estimate of drug-likeness (QED) is 0.858.